The highest BCUT2D eigenvalue weighted by Crippen LogP contribution is 2.20. The minimum absolute atomic E-state index is 0.0537. The Labute approximate surface area is 136 Å². The zero-order valence-electron chi connectivity index (χ0n) is 13.5. The molecule has 1 atom stereocenters. The summed E-state index contributed by atoms with van der Waals surface area (Å²) in [7, 11) is 0. The zero-order chi connectivity index (χ0) is 16.2. The summed E-state index contributed by atoms with van der Waals surface area (Å²) in [5.74, 6) is 0.761. The number of para-hydroxylation sites is 2. The Morgan fingerprint density at radius 1 is 1.17 bits per heavy atom. The lowest BCUT2D eigenvalue weighted by molar-refractivity contribution is 0.0932. The molecule has 1 unspecified atom stereocenters. The number of hydrogen-bond donors (Lipinski definition) is 2. The molecular formula is C19H21N3O. The van der Waals surface area contributed by atoms with E-state index in [1.807, 2.05) is 55.5 Å². The molecule has 23 heavy (non-hydrogen) atoms. The minimum Gasteiger partial charge on any atom is -0.342 e. The maximum Gasteiger partial charge on any atom is 0.252 e. The van der Waals surface area contributed by atoms with Gasteiger partial charge in [0.2, 0.25) is 0 Å². The molecular weight excluding hydrogens is 286 g/mol. The van der Waals surface area contributed by atoms with E-state index in [2.05, 4.69) is 22.2 Å². The molecule has 2 N–H and O–H groups in total. The van der Waals surface area contributed by atoms with Crippen molar-refractivity contribution in [3.63, 3.8) is 0 Å². The topological polar surface area (TPSA) is 57.8 Å². The van der Waals surface area contributed by atoms with Gasteiger partial charge in [-0.05, 0) is 37.1 Å². The van der Waals surface area contributed by atoms with Crippen LogP contribution in [0, 0.1) is 6.92 Å². The van der Waals surface area contributed by atoms with Crippen LogP contribution in [0.2, 0.25) is 0 Å². The number of rotatable bonds is 5. The number of amides is 1. The number of aromatic nitrogens is 2. The highest BCUT2D eigenvalue weighted by Gasteiger charge is 2.19. The third-order valence-electron chi connectivity index (χ3n) is 4.01. The van der Waals surface area contributed by atoms with Crippen molar-refractivity contribution in [1.82, 2.24) is 15.3 Å². The molecule has 2 aromatic carbocycles. The monoisotopic (exact) mass is 307 g/mol. The number of carbonyl (C=O) groups excluding carboxylic acids is 1. The summed E-state index contributed by atoms with van der Waals surface area (Å²) in [5, 5.41) is 3.12. The van der Waals surface area contributed by atoms with Gasteiger partial charge in [0.25, 0.3) is 5.91 Å². The fourth-order valence-electron chi connectivity index (χ4n) is 2.77. The Kier molecular flexibility index (Phi) is 4.42. The summed E-state index contributed by atoms with van der Waals surface area (Å²) >= 11 is 0. The molecule has 3 rings (SSSR count). The van der Waals surface area contributed by atoms with Crippen LogP contribution in [0.25, 0.3) is 11.0 Å². The van der Waals surface area contributed by atoms with Gasteiger partial charge >= 0.3 is 0 Å². The second-order valence-corrected chi connectivity index (χ2v) is 5.77. The Bertz CT molecular complexity index is 789. The van der Waals surface area contributed by atoms with Crippen molar-refractivity contribution in [2.45, 2.75) is 32.7 Å². The molecule has 0 aliphatic carbocycles. The molecule has 0 saturated carbocycles. The van der Waals surface area contributed by atoms with Gasteiger partial charge in [-0.2, -0.15) is 0 Å². The Morgan fingerprint density at radius 3 is 2.65 bits per heavy atom. The first-order valence-electron chi connectivity index (χ1n) is 8.00. The summed E-state index contributed by atoms with van der Waals surface area (Å²) in [6, 6.07) is 15.4. The third-order valence-corrected chi connectivity index (χ3v) is 4.01. The lowest BCUT2D eigenvalue weighted by atomic mass is 10.1. The van der Waals surface area contributed by atoms with Gasteiger partial charge in [0.05, 0.1) is 17.1 Å². The van der Waals surface area contributed by atoms with Gasteiger partial charge in [-0.15, -0.1) is 0 Å². The number of aromatic amines is 1. The van der Waals surface area contributed by atoms with Crippen LogP contribution in [-0.2, 0) is 0 Å². The predicted octanol–water partition coefficient (Wildman–Crippen LogP) is 4.14. The van der Waals surface area contributed by atoms with E-state index >= 15 is 0 Å². The Hall–Kier alpha value is -2.62. The molecule has 3 aromatic rings. The van der Waals surface area contributed by atoms with Crippen LogP contribution in [0.15, 0.2) is 48.5 Å². The summed E-state index contributed by atoms with van der Waals surface area (Å²) in [6.07, 6.45) is 1.81. The number of benzene rings is 2. The van der Waals surface area contributed by atoms with Crippen molar-refractivity contribution in [3.8, 4) is 0 Å². The highest BCUT2D eigenvalue weighted by molar-refractivity contribution is 5.95. The Morgan fingerprint density at radius 2 is 1.91 bits per heavy atom. The first-order chi connectivity index (χ1) is 11.2. The summed E-state index contributed by atoms with van der Waals surface area (Å²) in [6.45, 7) is 4.06. The van der Waals surface area contributed by atoms with Crippen molar-refractivity contribution in [2.75, 3.05) is 0 Å². The van der Waals surface area contributed by atoms with Gasteiger partial charge < -0.3 is 10.3 Å². The molecule has 0 saturated heterocycles. The highest BCUT2D eigenvalue weighted by atomic mass is 16.1. The number of aryl methyl sites for hydroxylation is 1. The first kappa shape index (κ1) is 15.3. The quantitative estimate of drug-likeness (QED) is 0.744. The normalized spacial score (nSPS) is 12.3. The fraction of sp³-hybridized carbons (Fsp3) is 0.263. The maximum atomic E-state index is 12.6. The second kappa shape index (κ2) is 6.65. The van der Waals surface area contributed by atoms with E-state index in [1.54, 1.807) is 0 Å². The molecule has 0 radical (unpaired) electrons. The van der Waals surface area contributed by atoms with Crippen LogP contribution in [0.1, 0.15) is 47.6 Å². The van der Waals surface area contributed by atoms with Gasteiger partial charge in [0, 0.05) is 5.56 Å². The lowest BCUT2D eigenvalue weighted by Crippen LogP contribution is -2.29. The number of nitrogens with zero attached hydrogens (tertiary/aromatic N) is 1. The molecule has 0 spiro atoms. The van der Waals surface area contributed by atoms with Crippen molar-refractivity contribution < 1.29 is 4.79 Å². The number of nitrogens with one attached hydrogen (secondary N) is 2. The van der Waals surface area contributed by atoms with Crippen LogP contribution in [0.3, 0.4) is 0 Å². The summed E-state index contributed by atoms with van der Waals surface area (Å²) < 4.78 is 0. The third kappa shape index (κ3) is 3.26. The average Bonchev–Trinajstić information content (AvgIpc) is 2.98. The maximum absolute atomic E-state index is 12.6. The minimum atomic E-state index is -0.112. The fourth-order valence-corrected chi connectivity index (χ4v) is 2.77. The number of fused-ring (bicyclic) bond motifs is 1. The second-order valence-electron chi connectivity index (χ2n) is 5.77. The standard InChI is InChI=1S/C19H21N3O/c1-3-8-17(18-20-15-11-6-7-12-16(15)21-18)22-19(23)14-10-5-4-9-13(14)2/h4-7,9-12,17H,3,8H2,1-2H3,(H,20,21)(H,22,23). The molecule has 4 heteroatoms. The van der Waals surface area contributed by atoms with Gasteiger partial charge in [0.1, 0.15) is 5.82 Å². The molecule has 1 aromatic heterocycles. The van der Waals surface area contributed by atoms with E-state index in [4.69, 9.17) is 0 Å². The Balaban J connectivity index is 1.87. The molecule has 4 nitrogen and oxygen atoms in total. The van der Waals surface area contributed by atoms with Crippen LogP contribution >= 0.6 is 0 Å². The molecule has 1 amide bonds. The van der Waals surface area contributed by atoms with Crippen LogP contribution < -0.4 is 5.32 Å². The van der Waals surface area contributed by atoms with Crippen molar-refractivity contribution in [1.29, 1.82) is 0 Å². The molecule has 0 bridgehead atoms. The molecule has 118 valence electrons. The van der Waals surface area contributed by atoms with Crippen LogP contribution in [0.4, 0.5) is 0 Å². The van der Waals surface area contributed by atoms with E-state index in [-0.39, 0.29) is 11.9 Å². The van der Waals surface area contributed by atoms with Crippen molar-refractivity contribution in [3.05, 3.63) is 65.5 Å². The van der Waals surface area contributed by atoms with Crippen molar-refractivity contribution >= 4 is 16.9 Å². The number of hydrogen-bond acceptors (Lipinski definition) is 2. The molecule has 0 aliphatic heterocycles. The van der Waals surface area contributed by atoms with Crippen LogP contribution in [0.5, 0.6) is 0 Å². The molecule has 0 fully saturated rings. The molecule has 1 heterocycles. The van der Waals surface area contributed by atoms with Gasteiger partial charge in [-0.1, -0.05) is 43.7 Å². The van der Waals surface area contributed by atoms with Crippen LogP contribution in [-0.4, -0.2) is 15.9 Å². The van der Waals surface area contributed by atoms with Gasteiger partial charge in [-0.3, -0.25) is 4.79 Å². The number of imidazole rings is 1. The summed E-state index contributed by atoms with van der Waals surface area (Å²) in [4.78, 5) is 20.5. The first-order valence-corrected chi connectivity index (χ1v) is 8.00. The molecule has 0 aliphatic rings. The predicted molar refractivity (Wildman–Crippen MR) is 92.4 cm³/mol. The van der Waals surface area contributed by atoms with E-state index in [1.165, 1.54) is 0 Å². The van der Waals surface area contributed by atoms with E-state index < -0.39 is 0 Å². The zero-order valence-corrected chi connectivity index (χ0v) is 13.5. The average molecular weight is 307 g/mol. The van der Waals surface area contributed by atoms with Gasteiger partial charge in [-0.25, -0.2) is 4.98 Å². The largest absolute Gasteiger partial charge is 0.342 e. The van der Waals surface area contributed by atoms with Crippen molar-refractivity contribution in [2.24, 2.45) is 0 Å². The number of carbonyl (C=O) groups is 1. The lowest BCUT2D eigenvalue weighted by Gasteiger charge is -2.16. The van der Waals surface area contributed by atoms with Gasteiger partial charge in [0.15, 0.2) is 0 Å². The smallest absolute Gasteiger partial charge is 0.252 e. The SMILES string of the molecule is CCCC(NC(=O)c1ccccc1C)c1nc2ccccc2[nH]1. The summed E-state index contributed by atoms with van der Waals surface area (Å²) in [5.41, 5.74) is 3.61. The van der Waals surface area contributed by atoms with E-state index in [9.17, 15) is 4.79 Å². The van der Waals surface area contributed by atoms with E-state index in [0.717, 1.165) is 35.3 Å². The van der Waals surface area contributed by atoms with E-state index in [0.29, 0.717) is 5.56 Å². The number of H-pyrrole nitrogens is 1.